The number of hydrogen-bond acceptors (Lipinski definition) is 5. The average molecular weight is 388 g/mol. The highest BCUT2D eigenvalue weighted by atomic mass is 16.4. The maximum Gasteiger partial charge on any atom is 0.337 e. The molecule has 0 amide bonds. The molecule has 1 aliphatic rings. The van der Waals surface area contributed by atoms with E-state index in [1.807, 2.05) is 18.2 Å². The van der Waals surface area contributed by atoms with Gasteiger partial charge >= 0.3 is 5.97 Å². The summed E-state index contributed by atoms with van der Waals surface area (Å²) in [7, 11) is 0. The topological polar surface area (TPSA) is 78.4 Å². The summed E-state index contributed by atoms with van der Waals surface area (Å²) in [5, 5.41) is 12.7. The Balaban J connectivity index is 1.73. The molecule has 0 radical (unpaired) electrons. The molecule has 3 aromatic rings. The van der Waals surface area contributed by atoms with E-state index in [2.05, 4.69) is 52.2 Å². The van der Waals surface area contributed by atoms with Gasteiger partial charge in [-0.2, -0.15) is 0 Å². The Bertz CT molecular complexity index is 1010. The number of rotatable bonds is 5. The molecular weight excluding hydrogens is 364 g/mol. The Morgan fingerprint density at radius 1 is 1.21 bits per heavy atom. The fourth-order valence-corrected chi connectivity index (χ4v) is 4.02. The van der Waals surface area contributed by atoms with Gasteiger partial charge in [-0.05, 0) is 62.2 Å². The molecule has 2 atom stereocenters. The molecule has 6 nitrogen and oxygen atoms in total. The minimum absolute atomic E-state index is 0.135. The lowest BCUT2D eigenvalue weighted by molar-refractivity contribution is 0.0696. The van der Waals surface area contributed by atoms with Gasteiger partial charge in [0.05, 0.1) is 17.3 Å². The number of aromatic carboxylic acids is 1. The van der Waals surface area contributed by atoms with E-state index in [4.69, 9.17) is 5.11 Å². The molecule has 0 saturated carbocycles. The van der Waals surface area contributed by atoms with Crippen molar-refractivity contribution in [2.75, 3.05) is 16.8 Å². The predicted octanol–water partition coefficient (Wildman–Crippen LogP) is 4.61. The number of nitrogens with zero attached hydrogens (tertiary/aromatic N) is 3. The zero-order chi connectivity index (χ0) is 20.4. The van der Waals surface area contributed by atoms with Crippen LogP contribution in [0.25, 0.3) is 11.3 Å². The molecule has 4 rings (SSSR count). The van der Waals surface area contributed by atoms with E-state index in [1.54, 1.807) is 18.3 Å². The minimum Gasteiger partial charge on any atom is -0.478 e. The smallest absolute Gasteiger partial charge is 0.337 e. The van der Waals surface area contributed by atoms with Gasteiger partial charge in [0.25, 0.3) is 0 Å². The molecule has 2 aromatic heterocycles. The third-order valence-electron chi connectivity index (χ3n) is 5.46. The van der Waals surface area contributed by atoms with Gasteiger partial charge in [-0.3, -0.25) is 4.98 Å². The summed E-state index contributed by atoms with van der Waals surface area (Å²) < 4.78 is 0. The first-order valence-electron chi connectivity index (χ1n) is 9.84. The number of fused-ring (bicyclic) bond motifs is 1. The van der Waals surface area contributed by atoms with Gasteiger partial charge in [0.15, 0.2) is 0 Å². The first kappa shape index (κ1) is 18.9. The van der Waals surface area contributed by atoms with Gasteiger partial charge in [0.2, 0.25) is 0 Å². The van der Waals surface area contributed by atoms with Crippen LogP contribution < -0.4 is 10.2 Å². The highest BCUT2D eigenvalue weighted by Crippen LogP contribution is 2.40. The van der Waals surface area contributed by atoms with E-state index in [9.17, 15) is 4.79 Å². The van der Waals surface area contributed by atoms with Crippen LogP contribution in [0.2, 0.25) is 0 Å². The molecule has 0 saturated heterocycles. The highest BCUT2D eigenvalue weighted by molar-refractivity contribution is 5.87. The summed E-state index contributed by atoms with van der Waals surface area (Å²) in [5.74, 6) is -0.114. The number of pyridine rings is 2. The molecule has 148 valence electrons. The molecule has 6 heteroatoms. The standard InChI is InChI=1S/C23H24N4O2/c1-3-27-15(2)12-20(26-22-6-4-5-11-24-22)18-13-16(8-10-21(18)27)19-9-7-17(14-25-19)23(28)29/h4-11,13-15,20H,3,12H2,1-2H3,(H,24,26)(H,28,29). The average Bonchev–Trinajstić information content (AvgIpc) is 2.74. The summed E-state index contributed by atoms with van der Waals surface area (Å²) in [6.45, 7) is 5.36. The second kappa shape index (κ2) is 7.91. The van der Waals surface area contributed by atoms with Crippen LogP contribution in [0.3, 0.4) is 0 Å². The quantitative estimate of drug-likeness (QED) is 0.664. The summed E-state index contributed by atoms with van der Waals surface area (Å²) in [5.41, 5.74) is 4.34. The first-order chi connectivity index (χ1) is 14.1. The third kappa shape index (κ3) is 3.78. The molecule has 0 bridgehead atoms. The number of carboxylic acid groups (broad SMARTS) is 1. The number of carboxylic acids is 1. The van der Waals surface area contributed by atoms with Crippen LogP contribution in [-0.4, -0.2) is 33.6 Å². The number of hydrogen-bond donors (Lipinski definition) is 2. The molecule has 29 heavy (non-hydrogen) atoms. The Morgan fingerprint density at radius 2 is 2.07 bits per heavy atom. The molecule has 0 spiro atoms. The fraction of sp³-hybridized carbons (Fsp3) is 0.261. The molecule has 2 N–H and O–H groups in total. The summed E-state index contributed by atoms with van der Waals surface area (Å²) in [4.78, 5) is 22.3. The maximum atomic E-state index is 11.1. The molecule has 1 aliphatic heterocycles. The number of benzene rings is 1. The van der Waals surface area contributed by atoms with Gasteiger partial charge in [0, 0.05) is 36.2 Å². The van der Waals surface area contributed by atoms with Crippen LogP contribution in [0.4, 0.5) is 11.5 Å². The van der Waals surface area contributed by atoms with Crippen molar-refractivity contribution in [3.8, 4) is 11.3 Å². The van der Waals surface area contributed by atoms with Crippen molar-refractivity contribution in [1.29, 1.82) is 0 Å². The molecule has 0 aliphatic carbocycles. The summed E-state index contributed by atoms with van der Waals surface area (Å²) in [6, 6.07) is 16.1. The first-order valence-corrected chi connectivity index (χ1v) is 9.84. The molecule has 0 fully saturated rings. The molecule has 2 unspecified atom stereocenters. The molecule has 1 aromatic carbocycles. The normalized spacial score (nSPS) is 18.2. The van der Waals surface area contributed by atoms with Crippen molar-refractivity contribution in [3.63, 3.8) is 0 Å². The van der Waals surface area contributed by atoms with Crippen molar-refractivity contribution < 1.29 is 9.90 Å². The number of carbonyl (C=O) groups is 1. The summed E-state index contributed by atoms with van der Waals surface area (Å²) >= 11 is 0. The van der Waals surface area contributed by atoms with Gasteiger partial charge in [-0.25, -0.2) is 9.78 Å². The second-order valence-corrected chi connectivity index (χ2v) is 7.29. The van der Waals surface area contributed by atoms with Crippen molar-refractivity contribution in [3.05, 3.63) is 72.1 Å². The Hall–Kier alpha value is -3.41. The van der Waals surface area contributed by atoms with Crippen molar-refractivity contribution in [1.82, 2.24) is 9.97 Å². The van der Waals surface area contributed by atoms with Crippen LogP contribution in [0.1, 0.15) is 42.2 Å². The number of anilines is 2. The van der Waals surface area contributed by atoms with Crippen LogP contribution in [0.15, 0.2) is 60.9 Å². The van der Waals surface area contributed by atoms with Crippen LogP contribution in [0, 0.1) is 0 Å². The largest absolute Gasteiger partial charge is 0.478 e. The number of aromatic nitrogens is 2. The Morgan fingerprint density at radius 3 is 2.72 bits per heavy atom. The highest BCUT2D eigenvalue weighted by Gasteiger charge is 2.30. The zero-order valence-corrected chi connectivity index (χ0v) is 16.5. The molecular formula is C23H24N4O2. The van der Waals surface area contributed by atoms with Gasteiger partial charge in [0.1, 0.15) is 5.82 Å². The van der Waals surface area contributed by atoms with E-state index in [-0.39, 0.29) is 11.6 Å². The van der Waals surface area contributed by atoms with Gasteiger partial charge < -0.3 is 15.3 Å². The van der Waals surface area contributed by atoms with Crippen molar-refractivity contribution in [2.24, 2.45) is 0 Å². The predicted molar refractivity (Wildman–Crippen MR) is 114 cm³/mol. The fourth-order valence-electron chi connectivity index (χ4n) is 4.02. The lowest BCUT2D eigenvalue weighted by Crippen LogP contribution is -2.40. The van der Waals surface area contributed by atoms with Crippen LogP contribution >= 0.6 is 0 Å². The van der Waals surface area contributed by atoms with E-state index >= 15 is 0 Å². The van der Waals surface area contributed by atoms with E-state index in [0.717, 1.165) is 30.0 Å². The zero-order valence-electron chi connectivity index (χ0n) is 16.5. The van der Waals surface area contributed by atoms with Crippen molar-refractivity contribution in [2.45, 2.75) is 32.4 Å². The SMILES string of the molecule is CCN1c2ccc(-c3ccc(C(=O)O)cn3)cc2C(Nc2ccccn2)CC1C. The number of nitrogens with one attached hydrogen (secondary N) is 1. The minimum atomic E-state index is -0.971. The van der Waals surface area contributed by atoms with Crippen LogP contribution in [0.5, 0.6) is 0 Å². The Labute approximate surface area is 170 Å². The van der Waals surface area contributed by atoms with E-state index < -0.39 is 5.97 Å². The van der Waals surface area contributed by atoms with Crippen LogP contribution in [-0.2, 0) is 0 Å². The molecule has 3 heterocycles. The lowest BCUT2D eigenvalue weighted by Gasteiger charge is -2.41. The second-order valence-electron chi connectivity index (χ2n) is 7.29. The van der Waals surface area contributed by atoms with E-state index in [0.29, 0.717) is 6.04 Å². The summed E-state index contributed by atoms with van der Waals surface area (Å²) in [6.07, 6.45) is 4.16. The van der Waals surface area contributed by atoms with Crippen molar-refractivity contribution >= 4 is 17.5 Å². The Kier molecular flexibility index (Phi) is 5.16. The van der Waals surface area contributed by atoms with Gasteiger partial charge in [-0.1, -0.05) is 12.1 Å². The maximum absolute atomic E-state index is 11.1. The van der Waals surface area contributed by atoms with E-state index in [1.165, 1.54) is 17.4 Å². The van der Waals surface area contributed by atoms with Gasteiger partial charge in [-0.15, -0.1) is 0 Å². The third-order valence-corrected chi connectivity index (χ3v) is 5.46. The monoisotopic (exact) mass is 388 g/mol. The lowest BCUT2D eigenvalue weighted by atomic mass is 9.89.